The standard InChI is InChI=1S/C12H18FNO3S.C11H16FNO4S/c1-8(14-7-18-13)12(15)9-4-5-10(16-2)11(6-9)17-3;1-6(13)10(16)7-4-8(14)11(9(15)5-7)17-2-3-18-12/h4-6,8,12,14-15H,7H2,1-3H3;4-6,10,14-16H,2-3,13H2,1H3. The average molecular weight is 553 g/mol. The third kappa shape index (κ3) is 9.71. The van der Waals surface area contributed by atoms with Crippen LogP contribution in [0.1, 0.15) is 37.2 Å². The molecular formula is C23H34F2N2O7S2. The fraction of sp³-hybridized carbons (Fsp3) is 0.478. The minimum atomic E-state index is -1.00. The number of halogens is 2. The zero-order chi connectivity index (χ0) is 27.3. The predicted molar refractivity (Wildman–Crippen MR) is 138 cm³/mol. The van der Waals surface area contributed by atoms with E-state index >= 15 is 0 Å². The van der Waals surface area contributed by atoms with Gasteiger partial charge >= 0.3 is 0 Å². The summed E-state index contributed by atoms with van der Waals surface area (Å²) in [5.41, 5.74) is 6.49. The molecule has 0 aliphatic carbocycles. The molecule has 204 valence electrons. The lowest BCUT2D eigenvalue weighted by Crippen LogP contribution is -2.31. The first-order valence-corrected chi connectivity index (χ1v) is 12.6. The third-order valence-corrected chi connectivity index (χ3v) is 5.60. The summed E-state index contributed by atoms with van der Waals surface area (Å²) in [5.74, 6) is 0.607. The topological polar surface area (TPSA) is 147 Å². The Morgan fingerprint density at radius 2 is 1.53 bits per heavy atom. The van der Waals surface area contributed by atoms with Gasteiger partial charge in [0.05, 0.1) is 50.2 Å². The van der Waals surface area contributed by atoms with E-state index in [2.05, 4.69) is 5.32 Å². The van der Waals surface area contributed by atoms with Crippen LogP contribution >= 0.6 is 24.3 Å². The van der Waals surface area contributed by atoms with E-state index in [9.17, 15) is 28.2 Å². The van der Waals surface area contributed by atoms with Gasteiger partial charge in [-0.1, -0.05) is 6.07 Å². The molecule has 0 fully saturated rings. The number of phenolic OH excluding ortho intramolecular Hbond substituents is 2. The van der Waals surface area contributed by atoms with Crippen LogP contribution in [0.15, 0.2) is 30.3 Å². The van der Waals surface area contributed by atoms with Crippen molar-refractivity contribution < 1.29 is 42.4 Å². The summed E-state index contributed by atoms with van der Waals surface area (Å²) in [6, 6.07) is 6.91. The Morgan fingerprint density at radius 1 is 0.917 bits per heavy atom. The Labute approximate surface area is 218 Å². The van der Waals surface area contributed by atoms with E-state index in [0.29, 0.717) is 17.1 Å². The molecule has 2 aromatic rings. The van der Waals surface area contributed by atoms with Crippen molar-refractivity contribution in [2.45, 2.75) is 38.1 Å². The Hall–Kier alpha value is -2.16. The second-order valence-corrected chi connectivity index (χ2v) is 8.79. The Balaban J connectivity index is 0.000000360. The van der Waals surface area contributed by atoms with Gasteiger partial charge < -0.3 is 45.7 Å². The number of aliphatic hydroxyl groups excluding tert-OH is 2. The van der Waals surface area contributed by atoms with Gasteiger partial charge in [-0.15, -0.1) is 0 Å². The molecule has 0 spiro atoms. The second kappa shape index (κ2) is 16.6. The van der Waals surface area contributed by atoms with Crippen molar-refractivity contribution in [3.8, 4) is 28.7 Å². The van der Waals surface area contributed by atoms with Gasteiger partial charge in [-0.25, -0.2) is 0 Å². The summed E-state index contributed by atoms with van der Waals surface area (Å²) in [5, 5.41) is 42.0. The predicted octanol–water partition coefficient (Wildman–Crippen LogP) is 3.77. The molecule has 13 heteroatoms. The van der Waals surface area contributed by atoms with Gasteiger partial charge in [0.25, 0.3) is 0 Å². The first-order chi connectivity index (χ1) is 17.1. The van der Waals surface area contributed by atoms with E-state index in [4.69, 9.17) is 19.9 Å². The molecule has 0 heterocycles. The van der Waals surface area contributed by atoms with Gasteiger partial charge in [0.1, 0.15) is 6.61 Å². The maximum atomic E-state index is 12.0. The zero-order valence-electron chi connectivity index (χ0n) is 20.5. The van der Waals surface area contributed by atoms with Gasteiger partial charge in [-0.3, -0.25) is 0 Å². The van der Waals surface area contributed by atoms with Crippen LogP contribution < -0.4 is 25.3 Å². The minimum Gasteiger partial charge on any atom is -0.504 e. The number of hydrogen-bond acceptors (Lipinski definition) is 11. The molecule has 0 aliphatic heterocycles. The molecule has 2 aromatic carbocycles. The molecule has 7 N–H and O–H groups in total. The van der Waals surface area contributed by atoms with Gasteiger partial charge in [0, 0.05) is 24.2 Å². The number of nitrogens with two attached hydrogens (primary N) is 1. The molecule has 0 saturated heterocycles. The van der Waals surface area contributed by atoms with Crippen LogP contribution in [0.5, 0.6) is 28.7 Å². The van der Waals surface area contributed by atoms with Crippen molar-refractivity contribution in [1.82, 2.24) is 5.32 Å². The zero-order valence-corrected chi connectivity index (χ0v) is 22.1. The second-order valence-electron chi connectivity index (χ2n) is 7.66. The summed E-state index contributed by atoms with van der Waals surface area (Å²) in [6.45, 7) is 3.40. The van der Waals surface area contributed by atoms with Gasteiger partial charge in [0.2, 0.25) is 5.75 Å². The maximum Gasteiger partial charge on any atom is 0.203 e. The number of aliphatic hydroxyl groups is 2. The smallest absolute Gasteiger partial charge is 0.203 e. The lowest BCUT2D eigenvalue weighted by molar-refractivity contribution is 0.139. The highest BCUT2D eigenvalue weighted by atomic mass is 32.2. The van der Waals surface area contributed by atoms with E-state index in [-0.39, 0.29) is 71.4 Å². The number of methoxy groups -OCH3 is 2. The molecule has 0 bridgehead atoms. The molecule has 4 unspecified atom stereocenters. The molecule has 0 saturated carbocycles. The van der Waals surface area contributed by atoms with Gasteiger partial charge in [-0.2, -0.15) is 7.77 Å². The Kier molecular flexibility index (Phi) is 14.7. The number of aromatic hydroxyl groups is 2. The third-order valence-electron chi connectivity index (χ3n) is 5.00. The van der Waals surface area contributed by atoms with Crippen LogP contribution in [0.3, 0.4) is 0 Å². The quantitative estimate of drug-likeness (QED) is 0.159. The van der Waals surface area contributed by atoms with Crippen molar-refractivity contribution >= 4 is 24.3 Å². The lowest BCUT2D eigenvalue weighted by Gasteiger charge is -2.20. The Morgan fingerprint density at radius 3 is 2.03 bits per heavy atom. The summed E-state index contributed by atoms with van der Waals surface area (Å²) in [4.78, 5) is 0. The molecule has 36 heavy (non-hydrogen) atoms. The molecule has 2 rings (SSSR count). The van der Waals surface area contributed by atoms with Crippen molar-refractivity contribution in [2.24, 2.45) is 5.73 Å². The summed E-state index contributed by atoms with van der Waals surface area (Å²) in [7, 11) is 3.09. The number of rotatable bonds is 13. The SMILES string of the molecule is CC(N)C(O)c1cc(O)c(OCCSF)c(O)c1.COc1ccc(C(O)C(C)NCSF)cc1OC. The van der Waals surface area contributed by atoms with E-state index in [1.807, 2.05) is 0 Å². The molecule has 0 aliphatic rings. The minimum absolute atomic E-state index is 0.0114. The van der Waals surface area contributed by atoms with Gasteiger partial charge in [0.15, 0.2) is 23.0 Å². The highest BCUT2D eigenvalue weighted by molar-refractivity contribution is 7.94. The largest absolute Gasteiger partial charge is 0.504 e. The highest BCUT2D eigenvalue weighted by Gasteiger charge is 2.19. The first-order valence-electron chi connectivity index (χ1n) is 10.8. The molecule has 0 radical (unpaired) electrons. The van der Waals surface area contributed by atoms with Crippen molar-refractivity contribution in [3.63, 3.8) is 0 Å². The normalized spacial score (nSPS) is 14.1. The van der Waals surface area contributed by atoms with E-state index < -0.39 is 18.2 Å². The van der Waals surface area contributed by atoms with Crippen LogP contribution in [0.25, 0.3) is 0 Å². The van der Waals surface area contributed by atoms with Crippen molar-refractivity contribution in [1.29, 1.82) is 0 Å². The van der Waals surface area contributed by atoms with E-state index in [0.717, 1.165) is 0 Å². The van der Waals surface area contributed by atoms with Crippen LogP contribution in [0.2, 0.25) is 0 Å². The van der Waals surface area contributed by atoms with Crippen molar-refractivity contribution in [2.75, 3.05) is 32.5 Å². The summed E-state index contributed by atoms with van der Waals surface area (Å²) >= 11 is 0.289. The molecule has 0 aromatic heterocycles. The molecule has 9 nitrogen and oxygen atoms in total. The number of hydrogen-bond donors (Lipinski definition) is 6. The first kappa shape index (κ1) is 31.9. The van der Waals surface area contributed by atoms with Crippen molar-refractivity contribution in [3.05, 3.63) is 41.5 Å². The molecule has 0 amide bonds. The van der Waals surface area contributed by atoms with E-state index in [1.165, 1.54) is 19.2 Å². The maximum absolute atomic E-state index is 12.0. The van der Waals surface area contributed by atoms with Crippen LogP contribution in [0.4, 0.5) is 7.77 Å². The summed E-state index contributed by atoms with van der Waals surface area (Å²) in [6.07, 6.45) is -1.74. The number of ether oxygens (including phenoxy) is 3. The summed E-state index contributed by atoms with van der Waals surface area (Å²) < 4.78 is 39.1. The average Bonchev–Trinajstić information content (AvgIpc) is 2.87. The number of nitrogens with one attached hydrogen (secondary N) is 1. The fourth-order valence-corrected chi connectivity index (χ4v) is 3.49. The number of benzene rings is 2. The molecular weight excluding hydrogens is 518 g/mol. The van der Waals surface area contributed by atoms with Gasteiger partial charge in [-0.05, 0) is 49.2 Å². The van der Waals surface area contributed by atoms with Crippen LogP contribution in [-0.4, -0.2) is 65.0 Å². The molecule has 4 atom stereocenters. The Bertz CT molecular complexity index is 905. The fourth-order valence-electron chi connectivity index (χ4n) is 3.02. The highest BCUT2D eigenvalue weighted by Crippen LogP contribution is 2.39. The number of phenols is 2. The lowest BCUT2D eigenvalue weighted by atomic mass is 10.0. The van der Waals surface area contributed by atoms with Crippen LogP contribution in [0, 0.1) is 0 Å². The van der Waals surface area contributed by atoms with Crippen LogP contribution in [-0.2, 0) is 0 Å². The van der Waals surface area contributed by atoms with E-state index in [1.54, 1.807) is 39.2 Å². The monoisotopic (exact) mass is 552 g/mol.